The summed E-state index contributed by atoms with van der Waals surface area (Å²) in [6.07, 6.45) is 3.80. The molecule has 3 heteroatoms. The lowest BCUT2D eigenvalue weighted by Crippen LogP contribution is -2.38. The number of carbonyl (C=O) groups is 1. The highest BCUT2D eigenvalue weighted by molar-refractivity contribution is 5.83. The van der Waals surface area contributed by atoms with Gasteiger partial charge in [0.2, 0.25) is 5.91 Å². The molecule has 0 radical (unpaired) electrons. The van der Waals surface area contributed by atoms with Gasteiger partial charge in [0.25, 0.3) is 0 Å². The normalized spacial score (nSPS) is 24.3. The third kappa shape index (κ3) is 1.29. The van der Waals surface area contributed by atoms with Crippen LogP contribution in [0.1, 0.15) is 0 Å². The van der Waals surface area contributed by atoms with E-state index in [1.54, 1.807) is 7.05 Å². The van der Waals surface area contributed by atoms with E-state index in [-0.39, 0.29) is 11.9 Å². The fourth-order valence-corrected chi connectivity index (χ4v) is 0.803. The van der Waals surface area contributed by atoms with E-state index in [4.69, 9.17) is 0 Å². The van der Waals surface area contributed by atoms with E-state index in [2.05, 4.69) is 10.6 Å². The van der Waals surface area contributed by atoms with Gasteiger partial charge in [0.05, 0.1) is 0 Å². The number of nitrogens with one attached hydrogen (secondary N) is 2. The van der Waals surface area contributed by atoms with Crippen molar-refractivity contribution in [2.75, 3.05) is 13.6 Å². The molecular formula is C6H10N2O. The van der Waals surface area contributed by atoms with Crippen molar-refractivity contribution in [3.05, 3.63) is 12.2 Å². The van der Waals surface area contributed by atoms with E-state index >= 15 is 0 Å². The van der Waals surface area contributed by atoms with E-state index in [9.17, 15) is 4.79 Å². The smallest absolute Gasteiger partial charge is 0.240 e. The summed E-state index contributed by atoms with van der Waals surface area (Å²) < 4.78 is 0. The number of likely N-dealkylation sites (N-methyl/N-ethyl adjacent to an activating group) is 1. The van der Waals surface area contributed by atoms with Gasteiger partial charge in [0.1, 0.15) is 6.04 Å². The predicted molar refractivity (Wildman–Crippen MR) is 35.0 cm³/mol. The van der Waals surface area contributed by atoms with Crippen LogP contribution in [0.25, 0.3) is 0 Å². The Labute approximate surface area is 54.1 Å². The van der Waals surface area contributed by atoms with Crippen LogP contribution in [-0.2, 0) is 4.79 Å². The minimum absolute atomic E-state index is 0.0313. The van der Waals surface area contributed by atoms with E-state index in [1.807, 2.05) is 12.2 Å². The Morgan fingerprint density at radius 2 is 2.67 bits per heavy atom. The van der Waals surface area contributed by atoms with E-state index < -0.39 is 0 Å². The van der Waals surface area contributed by atoms with Gasteiger partial charge in [-0.3, -0.25) is 10.1 Å². The third-order valence-corrected chi connectivity index (χ3v) is 1.31. The molecule has 0 bridgehead atoms. The third-order valence-electron chi connectivity index (χ3n) is 1.31. The lowest BCUT2D eigenvalue weighted by atomic mass is 10.3. The summed E-state index contributed by atoms with van der Waals surface area (Å²) >= 11 is 0. The Morgan fingerprint density at radius 1 is 1.89 bits per heavy atom. The Kier molecular flexibility index (Phi) is 1.85. The quantitative estimate of drug-likeness (QED) is 0.454. The molecule has 2 N–H and O–H groups in total. The molecule has 0 unspecified atom stereocenters. The van der Waals surface area contributed by atoms with Crippen molar-refractivity contribution in [3.63, 3.8) is 0 Å². The zero-order valence-electron chi connectivity index (χ0n) is 5.35. The van der Waals surface area contributed by atoms with Gasteiger partial charge in [0, 0.05) is 13.6 Å². The average molecular weight is 126 g/mol. The largest absolute Gasteiger partial charge is 0.358 e. The number of amides is 1. The molecule has 0 fully saturated rings. The van der Waals surface area contributed by atoms with Crippen molar-refractivity contribution in [2.45, 2.75) is 6.04 Å². The van der Waals surface area contributed by atoms with Crippen molar-refractivity contribution in [2.24, 2.45) is 0 Å². The van der Waals surface area contributed by atoms with Crippen LogP contribution in [0.4, 0.5) is 0 Å². The summed E-state index contributed by atoms with van der Waals surface area (Å²) in [5, 5.41) is 5.54. The topological polar surface area (TPSA) is 41.1 Å². The fourth-order valence-electron chi connectivity index (χ4n) is 0.803. The molecule has 1 amide bonds. The van der Waals surface area contributed by atoms with Crippen LogP contribution in [0, 0.1) is 0 Å². The molecule has 1 atom stereocenters. The SMILES string of the molecule is CNC(=O)[C@@H]1C=CCN1. The van der Waals surface area contributed by atoms with Crippen LogP contribution in [0.3, 0.4) is 0 Å². The van der Waals surface area contributed by atoms with Gasteiger partial charge in [-0.2, -0.15) is 0 Å². The molecule has 0 spiro atoms. The molecule has 1 aliphatic heterocycles. The first-order chi connectivity index (χ1) is 4.34. The van der Waals surface area contributed by atoms with Gasteiger partial charge in [-0.05, 0) is 0 Å². The number of rotatable bonds is 1. The van der Waals surface area contributed by atoms with Crippen LogP contribution in [0.2, 0.25) is 0 Å². The standard InChI is InChI=1S/C6H10N2O/c1-7-6(9)5-3-2-4-8-5/h2-3,5,8H,4H2,1H3,(H,7,9)/t5-/m0/s1. The maximum absolute atomic E-state index is 10.8. The van der Waals surface area contributed by atoms with Gasteiger partial charge in [-0.25, -0.2) is 0 Å². The van der Waals surface area contributed by atoms with Gasteiger partial charge in [-0.15, -0.1) is 0 Å². The van der Waals surface area contributed by atoms with Gasteiger partial charge >= 0.3 is 0 Å². The second kappa shape index (κ2) is 2.64. The Bertz CT molecular complexity index is 142. The highest BCUT2D eigenvalue weighted by Crippen LogP contribution is 1.92. The second-order valence-electron chi connectivity index (χ2n) is 1.93. The zero-order valence-corrected chi connectivity index (χ0v) is 5.35. The molecule has 1 aliphatic rings. The molecular weight excluding hydrogens is 116 g/mol. The minimum Gasteiger partial charge on any atom is -0.358 e. The second-order valence-corrected chi connectivity index (χ2v) is 1.93. The van der Waals surface area contributed by atoms with Crippen LogP contribution in [0.5, 0.6) is 0 Å². The fraction of sp³-hybridized carbons (Fsp3) is 0.500. The predicted octanol–water partition coefficient (Wildman–Crippen LogP) is -0.740. The molecule has 50 valence electrons. The molecule has 3 nitrogen and oxygen atoms in total. The van der Waals surface area contributed by atoms with Crippen LogP contribution >= 0.6 is 0 Å². The molecule has 0 aromatic rings. The summed E-state index contributed by atoms with van der Waals surface area (Å²) in [6.45, 7) is 0.804. The Morgan fingerprint density at radius 3 is 3.11 bits per heavy atom. The monoisotopic (exact) mass is 126 g/mol. The first-order valence-corrected chi connectivity index (χ1v) is 2.96. The van der Waals surface area contributed by atoms with Crippen LogP contribution < -0.4 is 10.6 Å². The molecule has 9 heavy (non-hydrogen) atoms. The van der Waals surface area contributed by atoms with Crippen LogP contribution in [-0.4, -0.2) is 25.5 Å². The van der Waals surface area contributed by atoms with Crippen molar-refractivity contribution >= 4 is 5.91 Å². The highest BCUT2D eigenvalue weighted by Gasteiger charge is 2.14. The van der Waals surface area contributed by atoms with Crippen LogP contribution in [0.15, 0.2) is 12.2 Å². The molecule has 1 rings (SSSR count). The summed E-state index contributed by atoms with van der Waals surface area (Å²) in [7, 11) is 1.64. The lowest BCUT2D eigenvalue weighted by molar-refractivity contribution is -0.121. The average Bonchev–Trinajstić information content (AvgIpc) is 2.37. The van der Waals surface area contributed by atoms with Gasteiger partial charge in [-0.1, -0.05) is 12.2 Å². The van der Waals surface area contributed by atoms with E-state index in [0.29, 0.717) is 0 Å². The summed E-state index contributed by atoms with van der Waals surface area (Å²) in [4.78, 5) is 10.8. The lowest BCUT2D eigenvalue weighted by Gasteiger charge is -2.04. The maximum Gasteiger partial charge on any atom is 0.240 e. The van der Waals surface area contributed by atoms with Crippen molar-refractivity contribution in [1.82, 2.24) is 10.6 Å². The minimum atomic E-state index is -0.102. The molecule has 0 aromatic heterocycles. The summed E-state index contributed by atoms with van der Waals surface area (Å²) in [6, 6.07) is -0.102. The summed E-state index contributed by atoms with van der Waals surface area (Å²) in [5.74, 6) is 0.0313. The number of hydrogen-bond acceptors (Lipinski definition) is 2. The Hall–Kier alpha value is -0.830. The number of hydrogen-bond donors (Lipinski definition) is 2. The van der Waals surface area contributed by atoms with Crippen molar-refractivity contribution in [1.29, 1.82) is 0 Å². The maximum atomic E-state index is 10.8. The van der Waals surface area contributed by atoms with E-state index in [0.717, 1.165) is 6.54 Å². The molecule has 0 saturated carbocycles. The molecule has 0 aromatic carbocycles. The zero-order chi connectivity index (χ0) is 6.69. The van der Waals surface area contributed by atoms with Crippen molar-refractivity contribution in [3.8, 4) is 0 Å². The first kappa shape index (κ1) is 6.29. The molecule has 0 aliphatic carbocycles. The van der Waals surface area contributed by atoms with Gasteiger partial charge < -0.3 is 5.32 Å². The molecule has 0 saturated heterocycles. The summed E-state index contributed by atoms with van der Waals surface area (Å²) in [5.41, 5.74) is 0. The van der Waals surface area contributed by atoms with Crippen molar-refractivity contribution < 1.29 is 4.79 Å². The first-order valence-electron chi connectivity index (χ1n) is 2.96. The van der Waals surface area contributed by atoms with E-state index in [1.165, 1.54) is 0 Å². The highest BCUT2D eigenvalue weighted by atomic mass is 16.2. The Balaban J connectivity index is 2.43. The van der Waals surface area contributed by atoms with Gasteiger partial charge in [0.15, 0.2) is 0 Å². The molecule has 1 heterocycles. The number of carbonyl (C=O) groups excluding carboxylic acids is 1.